The molecule has 9 heteroatoms. The summed E-state index contributed by atoms with van der Waals surface area (Å²) in [4.78, 5) is 24.8. The highest BCUT2D eigenvalue weighted by molar-refractivity contribution is 9.10. The van der Waals surface area contributed by atoms with Gasteiger partial charge in [0.25, 0.3) is 5.91 Å². The zero-order valence-electron chi connectivity index (χ0n) is 14.1. The van der Waals surface area contributed by atoms with Crippen LogP contribution in [0.15, 0.2) is 34.8 Å². The SMILES string of the molecule is Cc1c(NC(=O)c2cc(NC(=O)C3CC3(Cl)Cl)ccc2Cl)ccc(Br)c1N. The van der Waals surface area contributed by atoms with Crippen molar-refractivity contribution in [2.45, 2.75) is 17.7 Å². The molecule has 0 radical (unpaired) electrons. The van der Waals surface area contributed by atoms with Crippen molar-refractivity contribution in [1.82, 2.24) is 0 Å². The Balaban J connectivity index is 1.79. The maximum atomic E-state index is 12.7. The van der Waals surface area contributed by atoms with Gasteiger partial charge in [-0.05, 0) is 65.2 Å². The summed E-state index contributed by atoms with van der Waals surface area (Å²) >= 11 is 21.3. The minimum absolute atomic E-state index is 0.217. The molecule has 0 bridgehead atoms. The number of hydrogen-bond acceptors (Lipinski definition) is 3. The van der Waals surface area contributed by atoms with Gasteiger partial charge in [0.15, 0.2) is 0 Å². The van der Waals surface area contributed by atoms with Crippen LogP contribution in [0.2, 0.25) is 5.02 Å². The maximum absolute atomic E-state index is 12.7. The second-order valence-corrected chi connectivity index (χ2v) is 9.09. The Morgan fingerprint density at radius 2 is 1.89 bits per heavy atom. The van der Waals surface area contributed by atoms with E-state index in [1.807, 2.05) is 0 Å². The number of anilines is 3. The van der Waals surface area contributed by atoms with Crippen molar-refractivity contribution in [3.8, 4) is 0 Å². The fraction of sp³-hybridized carbons (Fsp3) is 0.222. The molecule has 142 valence electrons. The van der Waals surface area contributed by atoms with E-state index in [0.717, 1.165) is 10.0 Å². The number of benzene rings is 2. The normalized spacial score (nSPS) is 17.3. The Labute approximate surface area is 179 Å². The molecule has 1 aliphatic rings. The van der Waals surface area contributed by atoms with Crippen molar-refractivity contribution in [2.24, 2.45) is 5.92 Å². The number of hydrogen-bond donors (Lipinski definition) is 3. The maximum Gasteiger partial charge on any atom is 0.257 e. The summed E-state index contributed by atoms with van der Waals surface area (Å²) in [5.74, 6) is -1.19. The minimum atomic E-state index is -1.02. The predicted octanol–water partition coefficient (Wildman–Crippen LogP) is 5.38. The molecule has 1 saturated carbocycles. The van der Waals surface area contributed by atoms with E-state index < -0.39 is 16.2 Å². The molecular weight excluding hydrogens is 476 g/mol. The van der Waals surface area contributed by atoms with Crippen LogP contribution in [0.1, 0.15) is 22.3 Å². The lowest BCUT2D eigenvalue weighted by Gasteiger charge is -2.13. The molecule has 27 heavy (non-hydrogen) atoms. The summed E-state index contributed by atoms with van der Waals surface area (Å²) < 4.78 is -0.272. The number of carbonyl (C=O) groups excluding carboxylic acids is 2. The third-order valence-electron chi connectivity index (χ3n) is 4.33. The molecule has 0 aromatic heterocycles. The monoisotopic (exact) mass is 489 g/mol. The lowest BCUT2D eigenvalue weighted by molar-refractivity contribution is -0.117. The van der Waals surface area contributed by atoms with E-state index in [0.29, 0.717) is 23.5 Å². The highest BCUT2D eigenvalue weighted by Crippen LogP contribution is 2.53. The molecule has 5 nitrogen and oxygen atoms in total. The summed E-state index contributed by atoms with van der Waals surface area (Å²) in [5.41, 5.74) is 8.45. The number of rotatable bonds is 4. The number of carbonyl (C=O) groups is 2. The molecule has 0 spiro atoms. The minimum Gasteiger partial charge on any atom is -0.398 e. The van der Waals surface area contributed by atoms with E-state index in [1.54, 1.807) is 25.1 Å². The molecule has 1 unspecified atom stereocenters. The van der Waals surface area contributed by atoms with Crippen LogP contribution in [0.25, 0.3) is 0 Å². The Hall–Kier alpha value is -1.47. The summed E-state index contributed by atoms with van der Waals surface area (Å²) in [6, 6.07) is 8.12. The van der Waals surface area contributed by atoms with Crippen LogP contribution in [0.5, 0.6) is 0 Å². The largest absolute Gasteiger partial charge is 0.398 e. The molecule has 0 heterocycles. The Morgan fingerprint density at radius 1 is 1.22 bits per heavy atom. The molecule has 4 N–H and O–H groups in total. The number of nitrogens with two attached hydrogens (primary N) is 1. The molecule has 2 aromatic rings. The van der Waals surface area contributed by atoms with Crippen molar-refractivity contribution >= 4 is 79.6 Å². The second-order valence-electron chi connectivity index (χ2n) is 6.29. The van der Waals surface area contributed by atoms with E-state index >= 15 is 0 Å². The van der Waals surface area contributed by atoms with Crippen LogP contribution in [-0.4, -0.2) is 16.1 Å². The molecule has 2 amide bonds. The van der Waals surface area contributed by atoms with Gasteiger partial charge in [0.1, 0.15) is 4.33 Å². The summed E-state index contributed by atoms with van der Waals surface area (Å²) in [5, 5.41) is 5.74. The first-order valence-electron chi connectivity index (χ1n) is 7.94. The number of halogens is 4. The van der Waals surface area contributed by atoms with E-state index in [4.69, 9.17) is 40.5 Å². The summed E-state index contributed by atoms with van der Waals surface area (Å²) in [7, 11) is 0. The fourth-order valence-corrected chi connectivity index (χ4v) is 3.66. The Bertz CT molecular complexity index is 950. The molecule has 0 aliphatic heterocycles. The number of amides is 2. The van der Waals surface area contributed by atoms with Gasteiger partial charge < -0.3 is 16.4 Å². The summed E-state index contributed by atoms with van der Waals surface area (Å²) in [6.45, 7) is 1.80. The molecule has 1 aliphatic carbocycles. The van der Waals surface area contributed by atoms with Crippen LogP contribution < -0.4 is 16.4 Å². The van der Waals surface area contributed by atoms with Gasteiger partial charge in [-0.25, -0.2) is 0 Å². The molecule has 1 atom stereocenters. The molecule has 3 rings (SSSR count). The third-order valence-corrected chi connectivity index (χ3v) is 6.19. The van der Waals surface area contributed by atoms with Crippen LogP contribution in [0.3, 0.4) is 0 Å². The second kappa shape index (κ2) is 7.51. The zero-order chi connectivity index (χ0) is 19.9. The van der Waals surface area contributed by atoms with Crippen LogP contribution in [-0.2, 0) is 4.79 Å². The zero-order valence-corrected chi connectivity index (χ0v) is 17.9. The highest BCUT2D eigenvalue weighted by atomic mass is 79.9. The van der Waals surface area contributed by atoms with E-state index in [1.165, 1.54) is 12.1 Å². The Kier molecular flexibility index (Phi) is 5.64. The third kappa shape index (κ3) is 4.35. The van der Waals surface area contributed by atoms with Gasteiger partial charge in [-0.15, -0.1) is 23.2 Å². The lowest BCUT2D eigenvalue weighted by atomic mass is 10.1. The predicted molar refractivity (Wildman–Crippen MR) is 114 cm³/mol. The van der Waals surface area contributed by atoms with Crippen molar-refractivity contribution in [2.75, 3.05) is 16.4 Å². The van der Waals surface area contributed by atoms with E-state index in [9.17, 15) is 9.59 Å². The molecular formula is C18H15BrCl3N3O2. The summed E-state index contributed by atoms with van der Waals surface area (Å²) in [6.07, 6.45) is 0.396. The first-order chi connectivity index (χ1) is 12.6. The van der Waals surface area contributed by atoms with Gasteiger partial charge in [-0.1, -0.05) is 11.6 Å². The van der Waals surface area contributed by atoms with Crippen LogP contribution >= 0.6 is 50.7 Å². The van der Waals surface area contributed by atoms with Gasteiger partial charge >= 0.3 is 0 Å². The van der Waals surface area contributed by atoms with Crippen LogP contribution in [0, 0.1) is 12.8 Å². The lowest BCUT2D eigenvalue weighted by Crippen LogP contribution is -2.18. The van der Waals surface area contributed by atoms with Crippen molar-refractivity contribution in [3.63, 3.8) is 0 Å². The molecule has 0 saturated heterocycles. The standard InChI is InChI=1S/C18H15BrCl3N3O2/c1-8-14(5-3-12(19)15(8)23)25-16(26)10-6-9(2-4-13(10)20)24-17(27)11-7-18(11,21)22/h2-6,11H,7,23H2,1H3,(H,24,27)(H,25,26). The molecule has 1 fully saturated rings. The van der Waals surface area contributed by atoms with Crippen molar-refractivity contribution in [3.05, 3.63) is 51.0 Å². The van der Waals surface area contributed by atoms with Crippen LogP contribution in [0.4, 0.5) is 17.1 Å². The van der Waals surface area contributed by atoms with Gasteiger partial charge in [0.2, 0.25) is 5.91 Å². The fourth-order valence-electron chi connectivity index (χ4n) is 2.52. The average molecular weight is 492 g/mol. The smallest absolute Gasteiger partial charge is 0.257 e. The quantitative estimate of drug-likeness (QED) is 0.397. The van der Waals surface area contributed by atoms with Crippen molar-refractivity contribution < 1.29 is 9.59 Å². The van der Waals surface area contributed by atoms with E-state index in [-0.39, 0.29) is 16.5 Å². The Morgan fingerprint density at radius 3 is 2.52 bits per heavy atom. The van der Waals surface area contributed by atoms with Crippen molar-refractivity contribution in [1.29, 1.82) is 0 Å². The highest BCUT2D eigenvalue weighted by Gasteiger charge is 2.56. The topological polar surface area (TPSA) is 84.2 Å². The van der Waals surface area contributed by atoms with Gasteiger partial charge in [-0.2, -0.15) is 0 Å². The molecule has 2 aromatic carbocycles. The van der Waals surface area contributed by atoms with Gasteiger partial charge in [0.05, 0.1) is 22.2 Å². The first-order valence-corrected chi connectivity index (χ1v) is 9.87. The number of alkyl halides is 2. The average Bonchev–Trinajstić information content (AvgIpc) is 3.25. The number of nitrogen functional groups attached to an aromatic ring is 1. The number of nitrogens with one attached hydrogen (secondary N) is 2. The van der Waals surface area contributed by atoms with E-state index in [2.05, 4.69) is 26.6 Å². The van der Waals surface area contributed by atoms with Gasteiger partial charge in [-0.3, -0.25) is 9.59 Å². The van der Waals surface area contributed by atoms with Gasteiger partial charge in [0, 0.05) is 15.8 Å². The first kappa shape index (κ1) is 20.3.